The van der Waals surface area contributed by atoms with E-state index >= 15 is 0 Å². The number of carbonyl (C=O) groups is 3. The normalized spacial score (nSPS) is 15.1. The van der Waals surface area contributed by atoms with E-state index < -0.39 is 11.9 Å². The van der Waals surface area contributed by atoms with Gasteiger partial charge in [-0.2, -0.15) is 0 Å². The average molecular weight is 304 g/mol. The molecule has 6 heteroatoms. The summed E-state index contributed by atoms with van der Waals surface area (Å²) in [6, 6.07) is 7.69. The van der Waals surface area contributed by atoms with Gasteiger partial charge in [-0.15, -0.1) is 0 Å². The van der Waals surface area contributed by atoms with Crippen molar-refractivity contribution in [1.82, 2.24) is 5.32 Å². The molecule has 0 bridgehead atoms. The summed E-state index contributed by atoms with van der Waals surface area (Å²) in [5.41, 5.74) is 1.98. The molecule has 0 radical (unpaired) electrons. The van der Waals surface area contributed by atoms with Crippen molar-refractivity contribution in [3.63, 3.8) is 0 Å². The molecule has 0 spiro atoms. The maximum absolute atomic E-state index is 12.0. The van der Waals surface area contributed by atoms with Crippen molar-refractivity contribution < 1.29 is 19.5 Å². The second-order valence-corrected chi connectivity index (χ2v) is 5.47. The van der Waals surface area contributed by atoms with Crippen LogP contribution in [0.15, 0.2) is 24.3 Å². The first-order valence-corrected chi connectivity index (χ1v) is 7.37. The van der Waals surface area contributed by atoms with E-state index in [1.54, 1.807) is 4.90 Å². The molecule has 2 rings (SSSR count). The van der Waals surface area contributed by atoms with Gasteiger partial charge in [-0.05, 0) is 18.1 Å². The molecule has 0 aliphatic carbocycles. The van der Waals surface area contributed by atoms with Gasteiger partial charge in [0.05, 0.1) is 5.92 Å². The van der Waals surface area contributed by atoms with Gasteiger partial charge in [-0.25, -0.2) is 0 Å². The number of anilines is 1. The quantitative estimate of drug-likeness (QED) is 0.826. The Morgan fingerprint density at radius 3 is 2.77 bits per heavy atom. The number of rotatable bonds is 6. The molecule has 1 heterocycles. The number of aliphatic carboxylic acids is 1. The van der Waals surface area contributed by atoms with Crippen LogP contribution in [0, 0.1) is 5.92 Å². The summed E-state index contributed by atoms with van der Waals surface area (Å²) in [6.45, 7) is 1.94. The van der Waals surface area contributed by atoms with Crippen molar-refractivity contribution in [3.05, 3.63) is 29.8 Å². The van der Waals surface area contributed by atoms with Gasteiger partial charge in [0.15, 0.2) is 0 Å². The highest BCUT2D eigenvalue weighted by Crippen LogP contribution is 2.27. The largest absolute Gasteiger partial charge is 0.481 e. The van der Waals surface area contributed by atoms with Crippen LogP contribution in [0.1, 0.15) is 25.3 Å². The van der Waals surface area contributed by atoms with Gasteiger partial charge in [0.2, 0.25) is 11.8 Å². The lowest BCUT2D eigenvalue weighted by Gasteiger charge is -2.29. The molecule has 0 fully saturated rings. The minimum absolute atomic E-state index is 0.0189. The number of aryl methyl sites for hydroxylation is 1. The smallest absolute Gasteiger partial charge is 0.308 e. The second-order valence-electron chi connectivity index (χ2n) is 5.47. The van der Waals surface area contributed by atoms with E-state index in [4.69, 9.17) is 5.11 Å². The zero-order valence-electron chi connectivity index (χ0n) is 12.5. The van der Waals surface area contributed by atoms with Crippen molar-refractivity contribution >= 4 is 23.5 Å². The third-order valence-electron chi connectivity index (χ3n) is 3.78. The van der Waals surface area contributed by atoms with Gasteiger partial charge >= 0.3 is 5.97 Å². The van der Waals surface area contributed by atoms with Crippen LogP contribution in [-0.2, 0) is 20.8 Å². The number of para-hydroxylation sites is 1. The first kappa shape index (κ1) is 16.0. The summed E-state index contributed by atoms with van der Waals surface area (Å²) in [5, 5.41) is 11.4. The fourth-order valence-corrected chi connectivity index (χ4v) is 2.40. The standard InChI is InChI=1S/C16H20N2O4/c1-11(16(21)22)10-17-14(19)8-9-18-13-5-3-2-4-12(13)6-7-15(18)20/h2-5,11H,6-10H2,1H3,(H,17,19)(H,21,22)/t11-/m0/s1. The predicted octanol–water partition coefficient (Wildman–Crippen LogP) is 1.19. The minimum Gasteiger partial charge on any atom is -0.481 e. The Morgan fingerprint density at radius 2 is 2.05 bits per heavy atom. The van der Waals surface area contributed by atoms with Crippen LogP contribution in [0.25, 0.3) is 0 Å². The average Bonchev–Trinajstić information content (AvgIpc) is 2.51. The van der Waals surface area contributed by atoms with Crippen LogP contribution in [0.2, 0.25) is 0 Å². The Hall–Kier alpha value is -2.37. The highest BCUT2D eigenvalue weighted by atomic mass is 16.4. The Balaban J connectivity index is 1.90. The van der Waals surface area contributed by atoms with Gasteiger partial charge in [-0.1, -0.05) is 25.1 Å². The van der Waals surface area contributed by atoms with Crippen LogP contribution in [-0.4, -0.2) is 36.0 Å². The Bertz CT molecular complexity index is 585. The molecule has 1 atom stereocenters. The highest BCUT2D eigenvalue weighted by Gasteiger charge is 2.24. The number of hydrogen-bond acceptors (Lipinski definition) is 3. The summed E-state index contributed by atoms with van der Waals surface area (Å²) in [6.07, 6.45) is 1.34. The van der Waals surface area contributed by atoms with Crippen molar-refractivity contribution in [2.75, 3.05) is 18.0 Å². The van der Waals surface area contributed by atoms with Crippen molar-refractivity contribution in [2.24, 2.45) is 5.92 Å². The SMILES string of the molecule is C[C@@H](CNC(=O)CCN1C(=O)CCc2ccccc21)C(=O)O. The van der Waals surface area contributed by atoms with Crippen molar-refractivity contribution in [2.45, 2.75) is 26.2 Å². The number of nitrogens with one attached hydrogen (secondary N) is 1. The summed E-state index contributed by atoms with van der Waals surface area (Å²) in [4.78, 5) is 36.2. The van der Waals surface area contributed by atoms with Gasteiger partial charge in [0, 0.05) is 31.6 Å². The summed E-state index contributed by atoms with van der Waals surface area (Å²) < 4.78 is 0. The summed E-state index contributed by atoms with van der Waals surface area (Å²) >= 11 is 0. The van der Waals surface area contributed by atoms with Crippen LogP contribution in [0.5, 0.6) is 0 Å². The molecule has 2 amide bonds. The summed E-state index contributed by atoms with van der Waals surface area (Å²) in [5.74, 6) is -1.80. The van der Waals surface area contributed by atoms with E-state index in [0.717, 1.165) is 17.7 Å². The number of amides is 2. The molecule has 2 N–H and O–H groups in total. The molecule has 0 saturated heterocycles. The topological polar surface area (TPSA) is 86.7 Å². The lowest BCUT2D eigenvalue weighted by molar-refractivity contribution is -0.141. The number of hydrogen-bond donors (Lipinski definition) is 2. The molecular formula is C16H20N2O4. The van der Waals surface area contributed by atoms with E-state index in [-0.39, 0.29) is 24.8 Å². The van der Waals surface area contributed by atoms with Crippen LogP contribution >= 0.6 is 0 Å². The Kier molecular flexibility index (Phi) is 5.14. The van der Waals surface area contributed by atoms with Gasteiger partial charge in [0.1, 0.15) is 0 Å². The van der Waals surface area contributed by atoms with Crippen LogP contribution in [0.4, 0.5) is 5.69 Å². The molecule has 1 aromatic rings. The molecule has 22 heavy (non-hydrogen) atoms. The number of carboxylic acids is 1. The van der Waals surface area contributed by atoms with Crippen molar-refractivity contribution in [1.29, 1.82) is 0 Å². The first-order valence-electron chi connectivity index (χ1n) is 7.37. The molecule has 1 aromatic carbocycles. The Morgan fingerprint density at radius 1 is 1.32 bits per heavy atom. The summed E-state index contributed by atoms with van der Waals surface area (Å²) in [7, 11) is 0. The van der Waals surface area contributed by atoms with Crippen LogP contribution < -0.4 is 10.2 Å². The molecule has 1 aliphatic heterocycles. The van der Waals surface area contributed by atoms with Gasteiger partial charge in [0.25, 0.3) is 0 Å². The lowest BCUT2D eigenvalue weighted by atomic mass is 10.0. The van der Waals surface area contributed by atoms with E-state index in [0.29, 0.717) is 13.0 Å². The zero-order valence-corrected chi connectivity index (χ0v) is 12.5. The fourth-order valence-electron chi connectivity index (χ4n) is 2.40. The van der Waals surface area contributed by atoms with Gasteiger partial charge in [-0.3, -0.25) is 14.4 Å². The molecule has 1 aliphatic rings. The highest BCUT2D eigenvalue weighted by molar-refractivity contribution is 5.97. The number of benzene rings is 1. The maximum Gasteiger partial charge on any atom is 0.308 e. The van der Waals surface area contributed by atoms with E-state index in [2.05, 4.69) is 5.32 Å². The minimum atomic E-state index is -0.944. The maximum atomic E-state index is 12.0. The number of carboxylic acid groups (broad SMARTS) is 1. The zero-order chi connectivity index (χ0) is 16.1. The van der Waals surface area contributed by atoms with Crippen molar-refractivity contribution in [3.8, 4) is 0 Å². The molecule has 0 aromatic heterocycles. The number of carbonyl (C=O) groups excluding carboxylic acids is 2. The second kappa shape index (κ2) is 7.06. The third-order valence-corrected chi connectivity index (χ3v) is 3.78. The first-order chi connectivity index (χ1) is 10.5. The third kappa shape index (κ3) is 3.84. The number of fused-ring (bicyclic) bond motifs is 1. The fraction of sp³-hybridized carbons (Fsp3) is 0.438. The van der Waals surface area contributed by atoms with E-state index in [9.17, 15) is 14.4 Å². The monoisotopic (exact) mass is 304 g/mol. The van der Waals surface area contributed by atoms with E-state index in [1.807, 2.05) is 24.3 Å². The molecular weight excluding hydrogens is 284 g/mol. The predicted molar refractivity (Wildman–Crippen MR) is 81.5 cm³/mol. The molecule has 0 unspecified atom stereocenters. The lowest BCUT2D eigenvalue weighted by Crippen LogP contribution is -2.39. The molecule has 6 nitrogen and oxygen atoms in total. The molecule has 118 valence electrons. The Labute approximate surface area is 129 Å². The van der Waals surface area contributed by atoms with Crippen LogP contribution in [0.3, 0.4) is 0 Å². The van der Waals surface area contributed by atoms with E-state index in [1.165, 1.54) is 6.92 Å². The number of nitrogens with zero attached hydrogens (tertiary/aromatic N) is 1. The van der Waals surface area contributed by atoms with Gasteiger partial charge < -0.3 is 15.3 Å². The molecule has 0 saturated carbocycles.